The highest BCUT2D eigenvalue weighted by Gasteiger charge is 2.23. The van der Waals surface area contributed by atoms with E-state index in [-0.39, 0.29) is 7.43 Å². The lowest BCUT2D eigenvalue weighted by atomic mass is 10.2. The van der Waals surface area contributed by atoms with Gasteiger partial charge in [-0.15, -0.1) is 0 Å². The minimum Gasteiger partial charge on any atom is -0.368 e. The van der Waals surface area contributed by atoms with Gasteiger partial charge in [0.15, 0.2) is 0 Å². The first-order valence-corrected chi connectivity index (χ1v) is 3.13. The van der Waals surface area contributed by atoms with Gasteiger partial charge in [-0.1, -0.05) is 37.8 Å². The molecule has 1 heteroatoms. The van der Waals surface area contributed by atoms with Gasteiger partial charge < -0.3 is 4.74 Å². The van der Waals surface area contributed by atoms with Crippen LogP contribution in [0.5, 0.6) is 0 Å². The lowest BCUT2D eigenvalue weighted by Gasteiger charge is -1.89. The zero-order chi connectivity index (χ0) is 6.10. The van der Waals surface area contributed by atoms with E-state index in [9.17, 15) is 0 Å². The van der Waals surface area contributed by atoms with Crippen LogP contribution in [0.25, 0.3) is 0 Å². The van der Waals surface area contributed by atoms with Gasteiger partial charge in [-0.3, -0.25) is 0 Å². The van der Waals surface area contributed by atoms with Gasteiger partial charge in [0.25, 0.3) is 0 Å². The number of epoxide rings is 1. The lowest BCUT2D eigenvalue weighted by Crippen LogP contribution is -1.75. The second kappa shape index (κ2) is 2.84. The Kier molecular flexibility index (Phi) is 2.07. The predicted molar refractivity (Wildman–Crippen MR) is 41.9 cm³/mol. The van der Waals surface area contributed by atoms with Crippen molar-refractivity contribution in [1.29, 1.82) is 0 Å². The van der Waals surface area contributed by atoms with Gasteiger partial charge in [0.2, 0.25) is 0 Å². The number of ether oxygens (including phenoxy) is 1. The van der Waals surface area contributed by atoms with Crippen molar-refractivity contribution in [3.8, 4) is 0 Å². The van der Waals surface area contributed by atoms with E-state index in [4.69, 9.17) is 4.74 Å². The number of rotatable bonds is 1. The smallest absolute Gasteiger partial charge is 0.106 e. The van der Waals surface area contributed by atoms with Gasteiger partial charge >= 0.3 is 0 Å². The molecule has 1 fully saturated rings. The van der Waals surface area contributed by atoms with E-state index in [1.165, 1.54) is 5.56 Å². The van der Waals surface area contributed by atoms with Gasteiger partial charge in [0.05, 0.1) is 6.61 Å². The van der Waals surface area contributed by atoms with Crippen molar-refractivity contribution in [2.24, 2.45) is 0 Å². The zero-order valence-electron chi connectivity index (χ0n) is 5.08. The summed E-state index contributed by atoms with van der Waals surface area (Å²) in [7, 11) is 0. The summed E-state index contributed by atoms with van der Waals surface area (Å²) in [6.45, 7) is 0.907. The van der Waals surface area contributed by atoms with E-state index in [1.807, 2.05) is 18.2 Å². The molecule has 0 saturated carbocycles. The van der Waals surface area contributed by atoms with Crippen LogP contribution in [0.4, 0.5) is 0 Å². The molecule has 1 heterocycles. The molecule has 0 N–H and O–H groups in total. The second-order valence-electron chi connectivity index (χ2n) is 2.23. The van der Waals surface area contributed by atoms with Crippen LogP contribution >= 0.6 is 0 Å². The molecule has 0 spiro atoms. The zero-order valence-corrected chi connectivity index (χ0v) is 5.08. The van der Waals surface area contributed by atoms with E-state index in [1.54, 1.807) is 0 Å². The quantitative estimate of drug-likeness (QED) is 0.540. The number of benzene rings is 1. The van der Waals surface area contributed by atoms with Gasteiger partial charge in [-0.25, -0.2) is 0 Å². The molecule has 0 bridgehead atoms. The summed E-state index contributed by atoms with van der Waals surface area (Å²) in [6.07, 6.45) is 0.409. The molecule has 1 aliphatic rings. The van der Waals surface area contributed by atoms with Crippen molar-refractivity contribution < 1.29 is 4.74 Å². The fraction of sp³-hybridized carbons (Fsp3) is 0.333. The van der Waals surface area contributed by atoms with Crippen LogP contribution in [-0.4, -0.2) is 6.61 Å². The minimum atomic E-state index is 0. The van der Waals surface area contributed by atoms with Crippen molar-refractivity contribution in [3.05, 3.63) is 35.9 Å². The molecular formula is C9H12O. The van der Waals surface area contributed by atoms with E-state index in [0.29, 0.717) is 6.10 Å². The third-order valence-electron chi connectivity index (χ3n) is 1.50. The first kappa shape index (κ1) is 7.29. The standard InChI is InChI=1S/C8H8O.CH4/c1-2-4-7(5-3-1)8-6-9-8;/h1-5,8H,6H2;1H4. The van der Waals surface area contributed by atoms with E-state index in [0.717, 1.165) is 6.61 Å². The molecule has 2 rings (SSSR count). The highest BCUT2D eigenvalue weighted by molar-refractivity contribution is 5.19. The van der Waals surface area contributed by atoms with Crippen LogP contribution in [0.3, 0.4) is 0 Å². The van der Waals surface area contributed by atoms with Gasteiger partial charge in [-0.2, -0.15) is 0 Å². The molecule has 54 valence electrons. The summed E-state index contributed by atoms with van der Waals surface area (Å²) in [5, 5.41) is 0. The average Bonchev–Trinajstić information content (AvgIpc) is 2.71. The lowest BCUT2D eigenvalue weighted by molar-refractivity contribution is 0.415. The fourth-order valence-corrected chi connectivity index (χ4v) is 0.908. The van der Waals surface area contributed by atoms with Crippen LogP contribution in [0.2, 0.25) is 0 Å². The molecule has 1 aromatic carbocycles. The molecule has 1 unspecified atom stereocenters. The Morgan fingerprint density at radius 3 is 2.30 bits per heavy atom. The topological polar surface area (TPSA) is 12.5 Å². The Morgan fingerprint density at radius 2 is 1.80 bits per heavy atom. The second-order valence-corrected chi connectivity index (χ2v) is 2.23. The van der Waals surface area contributed by atoms with Crippen LogP contribution < -0.4 is 0 Å². The first-order chi connectivity index (χ1) is 4.47. The van der Waals surface area contributed by atoms with Crippen molar-refractivity contribution >= 4 is 0 Å². The SMILES string of the molecule is C.c1ccc(C2CO2)cc1. The van der Waals surface area contributed by atoms with Crippen molar-refractivity contribution in [3.63, 3.8) is 0 Å². The third-order valence-corrected chi connectivity index (χ3v) is 1.50. The highest BCUT2D eigenvalue weighted by atomic mass is 16.6. The Morgan fingerprint density at radius 1 is 1.20 bits per heavy atom. The normalized spacial score (nSPS) is 21.4. The summed E-state index contributed by atoms with van der Waals surface area (Å²) >= 11 is 0. The molecular weight excluding hydrogens is 124 g/mol. The molecule has 1 nitrogen and oxygen atoms in total. The van der Waals surface area contributed by atoms with Crippen molar-refractivity contribution in [2.75, 3.05) is 6.61 Å². The summed E-state index contributed by atoms with van der Waals surface area (Å²) < 4.78 is 5.09. The molecule has 1 saturated heterocycles. The van der Waals surface area contributed by atoms with Gasteiger partial charge in [-0.05, 0) is 5.56 Å². The number of hydrogen-bond donors (Lipinski definition) is 0. The van der Waals surface area contributed by atoms with E-state index in [2.05, 4.69) is 12.1 Å². The molecule has 1 aromatic rings. The molecule has 0 aromatic heterocycles. The third kappa shape index (κ3) is 1.36. The summed E-state index contributed by atoms with van der Waals surface area (Å²) in [5.74, 6) is 0. The van der Waals surface area contributed by atoms with Gasteiger partial charge in [0.1, 0.15) is 6.10 Å². The molecule has 0 aliphatic carbocycles. The predicted octanol–water partition coefficient (Wildman–Crippen LogP) is 2.39. The van der Waals surface area contributed by atoms with Crippen LogP contribution in [0.15, 0.2) is 30.3 Å². The monoisotopic (exact) mass is 136 g/mol. The minimum absolute atomic E-state index is 0. The largest absolute Gasteiger partial charge is 0.368 e. The Balaban J connectivity index is 0.000000500. The maximum absolute atomic E-state index is 5.09. The Labute approximate surface area is 61.6 Å². The van der Waals surface area contributed by atoms with Crippen molar-refractivity contribution in [2.45, 2.75) is 13.5 Å². The maximum Gasteiger partial charge on any atom is 0.106 e. The van der Waals surface area contributed by atoms with Crippen LogP contribution in [-0.2, 0) is 4.74 Å². The Bertz CT molecular complexity index is 189. The van der Waals surface area contributed by atoms with Gasteiger partial charge in [0, 0.05) is 0 Å². The Hall–Kier alpha value is -0.820. The summed E-state index contributed by atoms with van der Waals surface area (Å²) in [5.41, 5.74) is 1.30. The van der Waals surface area contributed by atoms with E-state index < -0.39 is 0 Å². The molecule has 0 amide bonds. The average molecular weight is 136 g/mol. The molecule has 0 radical (unpaired) electrons. The maximum atomic E-state index is 5.09. The first-order valence-electron chi connectivity index (χ1n) is 3.13. The van der Waals surface area contributed by atoms with Crippen LogP contribution in [0, 0.1) is 0 Å². The molecule has 10 heavy (non-hydrogen) atoms. The summed E-state index contributed by atoms with van der Waals surface area (Å²) in [6, 6.07) is 10.3. The van der Waals surface area contributed by atoms with Crippen molar-refractivity contribution in [1.82, 2.24) is 0 Å². The fourth-order valence-electron chi connectivity index (χ4n) is 0.908. The number of hydrogen-bond acceptors (Lipinski definition) is 1. The molecule has 1 atom stereocenters. The summed E-state index contributed by atoms with van der Waals surface area (Å²) in [4.78, 5) is 0. The highest BCUT2D eigenvalue weighted by Crippen LogP contribution is 2.28. The van der Waals surface area contributed by atoms with E-state index >= 15 is 0 Å². The van der Waals surface area contributed by atoms with Crippen LogP contribution in [0.1, 0.15) is 19.1 Å². The molecule has 1 aliphatic heterocycles.